The lowest BCUT2D eigenvalue weighted by Crippen LogP contribution is -2.17. The number of imidazole rings is 1. The van der Waals surface area contributed by atoms with Gasteiger partial charge in [-0.2, -0.15) is 0 Å². The van der Waals surface area contributed by atoms with E-state index in [0.717, 1.165) is 55.8 Å². The van der Waals surface area contributed by atoms with E-state index in [-0.39, 0.29) is 12.7 Å². The molecule has 1 atom stereocenters. The van der Waals surface area contributed by atoms with Crippen LogP contribution >= 0.6 is 0 Å². The van der Waals surface area contributed by atoms with Gasteiger partial charge < -0.3 is 14.4 Å². The number of nitrogens with zero attached hydrogens (tertiary/aromatic N) is 3. The average Bonchev–Trinajstić information content (AvgIpc) is 3.06. The van der Waals surface area contributed by atoms with E-state index in [1.807, 2.05) is 12.1 Å². The van der Waals surface area contributed by atoms with E-state index in [1.54, 1.807) is 6.20 Å². The largest absolute Gasteiger partial charge is 0.396 e. The minimum Gasteiger partial charge on any atom is -0.396 e. The molecule has 1 N–H and O–H groups in total. The van der Waals surface area contributed by atoms with Crippen LogP contribution in [0.1, 0.15) is 25.1 Å². The van der Waals surface area contributed by atoms with Gasteiger partial charge >= 0.3 is 0 Å². The number of aliphatic hydroxyl groups excluding tert-OH is 1. The summed E-state index contributed by atoms with van der Waals surface area (Å²) in [6.45, 7) is 1.86. The van der Waals surface area contributed by atoms with E-state index in [9.17, 15) is 0 Å². The number of aryl methyl sites for hydroxylation is 1. The van der Waals surface area contributed by atoms with Gasteiger partial charge in [0.05, 0.1) is 12.6 Å². The molecule has 0 aliphatic carbocycles. The highest BCUT2D eigenvalue weighted by atomic mass is 16.5. The fourth-order valence-electron chi connectivity index (χ4n) is 2.62. The van der Waals surface area contributed by atoms with E-state index < -0.39 is 0 Å². The van der Waals surface area contributed by atoms with Gasteiger partial charge in [-0.05, 0) is 31.4 Å². The lowest BCUT2D eigenvalue weighted by Gasteiger charge is -2.13. The Kier molecular flexibility index (Phi) is 3.75. The second-order valence-corrected chi connectivity index (χ2v) is 4.95. The van der Waals surface area contributed by atoms with Gasteiger partial charge in [-0.25, -0.2) is 9.97 Å². The summed E-state index contributed by atoms with van der Waals surface area (Å²) in [4.78, 5) is 9.06. The molecule has 2 aromatic heterocycles. The van der Waals surface area contributed by atoms with Gasteiger partial charge in [-0.15, -0.1) is 0 Å². The normalized spacial score (nSPS) is 19.3. The van der Waals surface area contributed by atoms with Crippen LogP contribution in [-0.4, -0.2) is 39.0 Å². The van der Waals surface area contributed by atoms with Crippen molar-refractivity contribution in [3.63, 3.8) is 0 Å². The smallest absolute Gasteiger partial charge is 0.160 e. The molecule has 3 heterocycles. The number of aromatic nitrogens is 3. The predicted octanol–water partition coefficient (Wildman–Crippen LogP) is 1.54. The highest BCUT2D eigenvalue weighted by Gasteiger charge is 2.19. The molecule has 102 valence electrons. The first-order valence-electron chi connectivity index (χ1n) is 6.91. The fraction of sp³-hybridized carbons (Fsp3) is 0.571. The molecular weight excluding hydrogens is 242 g/mol. The van der Waals surface area contributed by atoms with Crippen molar-refractivity contribution in [1.82, 2.24) is 14.5 Å². The number of fused-ring (bicyclic) bond motifs is 1. The van der Waals surface area contributed by atoms with E-state index in [0.29, 0.717) is 0 Å². The molecule has 0 saturated carbocycles. The van der Waals surface area contributed by atoms with Gasteiger partial charge in [0.2, 0.25) is 0 Å². The summed E-state index contributed by atoms with van der Waals surface area (Å²) in [6, 6.07) is 3.89. The summed E-state index contributed by atoms with van der Waals surface area (Å²) in [5, 5.41) is 9.00. The van der Waals surface area contributed by atoms with Crippen molar-refractivity contribution in [3.05, 3.63) is 24.2 Å². The van der Waals surface area contributed by atoms with Gasteiger partial charge in [0.25, 0.3) is 0 Å². The predicted molar refractivity (Wildman–Crippen MR) is 71.9 cm³/mol. The summed E-state index contributed by atoms with van der Waals surface area (Å²) < 4.78 is 7.86. The van der Waals surface area contributed by atoms with Gasteiger partial charge in [-0.1, -0.05) is 0 Å². The molecule has 2 aromatic rings. The number of pyridine rings is 1. The number of ether oxygens (including phenoxy) is 1. The Labute approximate surface area is 112 Å². The molecule has 5 nitrogen and oxygen atoms in total. The van der Waals surface area contributed by atoms with Crippen molar-refractivity contribution in [2.24, 2.45) is 0 Å². The van der Waals surface area contributed by atoms with Crippen molar-refractivity contribution in [2.75, 3.05) is 13.2 Å². The molecule has 1 aliphatic heterocycles. The minimum absolute atomic E-state index is 0.191. The third kappa shape index (κ3) is 2.62. The highest BCUT2D eigenvalue weighted by molar-refractivity contribution is 5.71. The molecule has 1 aliphatic rings. The van der Waals surface area contributed by atoms with E-state index in [1.165, 1.54) is 0 Å². The van der Waals surface area contributed by atoms with Crippen molar-refractivity contribution < 1.29 is 9.84 Å². The van der Waals surface area contributed by atoms with Gasteiger partial charge in [0, 0.05) is 25.8 Å². The van der Waals surface area contributed by atoms with Gasteiger partial charge in [0.1, 0.15) is 11.3 Å². The second kappa shape index (κ2) is 5.67. The zero-order valence-electron chi connectivity index (χ0n) is 11.0. The van der Waals surface area contributed by atoms with Crippen LogP contribution in [0.25, 0.3) is 11.2 Å². The first-order valence-corrected chi connectivity index (χ1v) is 6.91. The zero-order valence-corrected chi connectivity index (χ0v) is 11.0. The quantitative estimate of drug-likeness (QED) is 0.886. The lowest BCUT2D eigenvalue weighted by molar-refractivity contribution is 0.0970. The van der Waals surface area contributed by atoms with Crippen molar-refractivity contribution in [2.45, 2.75) is 38.3 Å². The SMILES string of the molecule is OCCCc1nc2cccnc2n1CC1CCCO1. The van der Waals surface area contributed by atoms with Crippen LogP contribution in [0.4, 0.5) is 0 Å². The maximum Gasteiger partial charge on any atom is 0.160 e. The Balaban J connectivity index is 1.92. The number of hydrogen-bond donors (Lipinski definition) is 1. The Morgan fingerprint density at radius 3 is 3.21 bits per heavy atom. The topological polar surface area (TPSA) is 60.2 Å². The summed E-state index contributed by atoms with van der Waals surface area (Å²) in [5.74, 6) is 0.998. The zero-order chi connectivity index (χ0) is 13.1. The standard InChI is InChI=1S/C14H19N3O2/c18-8-2-6-13-16-12-5-1-7-15-14(12)17(13)10-11-4-3-9-19-11/h1,5,7,11,18H,2-4,6,8-10H2. The molecular formula is C14H19N3O2. The fourth-order valence-corrected chi connectivity index (χ4v) is 2.62. The van der Waals surface area contributed by atoms with Crippen LogP contribution in [0.3, 0.4) is 0 Å². The van der Waals surface area contributed by atoms with E-state index in [4.69, 9.17) is 9.84 Å². The molecule has 1 saturated heterocycles. The maximum atomic E-state index is 9.00. The van der Waals surface area contributed by atoms with Crippen molar-refractivity contribution in [3.8, 4) is 0 Å². The molecule has 0 aromatic carbocycles. The van der Waals surface area contributed by atoms with Crippen LogP contribution in [-0.2, 0) is 17.7 Å². The molecule has 5 heteroatoms. The highest BCUT2D eigenvalue weighted by Crippen LogP contribution is 2.20. The summed E-state index contributed by atoms with van der Waals surface area (Å²) in [5.41, 5.74) is 1.85. The van der Waals surface area contributed by atoms with Crippen LogP contribution in [0.15, 0.2) is 18.3 Å². The third-order valence-corrected chi connectivity index (χ3v) is 3.55. The van der Waals surface area contributed by atoms with Gasteiger partial charge in [0.15, 0.2) is 5.65 Å². The molecule has 1 unspecified atom stereocenters. The molecule has 19 heavy (non-hydrogen) atoms. The molecule has 0 amide bonds. The van der Waals surface area contributed by atoms with E-state index >= 15 is 0 Å². The van der Waals surface area contributed by atoms with Crippen LogP contribution in [0.2, 0.25) is 0 Å². The molecule has 0 radical (unpaired) electrons. The first kappa shape index (κ1) is 12.6. The Bertz CT molecular complexity index is 547. The Morgan fingerprint density at radius 2 is 2.42 bits per heavy atom. The monoisotopic (exact) mass is 261 g/mol. The molecule has 0 spiro atoms. The number of rotatable bonds is 5. The average molecular weight is 261 g/mol. The van der Waals surface area contributed by atoms with E-state index in [2.05, 4.69) is 14.5 Å². The van der Waals surface area contributed by atoms with Crippen molar-refractivity contribution in [1.29, 1.82) is 0 Å². The van der Waals surface area contributed by atoms with Gasteiger partial charge in [-0.3, -0.25) is 0 Å². The van der Waals surface area contributed by atoms with Crippen LogP contribution < -0.4 is 0 Å². The molecule has 3 rings (SSSR count). The number of hydrogen-bond acceptors (Lipinski definition) is 4. The molecule has 0 bridgehead atoms. The lowest BCUT2D eigenvalue weighted by atomic mass is 10.2. The Hall–Kier alpha value is -1.46. The summed E-state index contributed by atoms with van der Waals surface area (Å²) in [6.07, 6.45) is 5.82. The maximum absolute atomic E-state index is 9.00. The van der Waals surface area contributed by atoms with Crippen LogP contribution in [0.5, 0.6) is 0 Å². The first-order chi connectivity index (χ1) is 9.38. The number of aliphatic hydroxyl groups is 1. The van der Waals surface area contributed by atoms with Crippen molar-refractivity contribution >= 4 is 11.2 Å². The Morgan fingerprint density at radius 1 is 1.47 bits per heavy atom. The third-order valence-electron chi connectivity index (χ3n) is 3.55. The minimum atomic E-state index is 0.191. The second-order valence-electron chi connectivity index (χ2n) is 4.95. The summed E-state index contributed by atoms with van der Waals surface area (Å²) >= 11 is 0. The summed E-state index contributed by atoms with van der Waals surface area (Å²) in [7, 11) is 0. The molecule has 1 fully saturated rings. The van der Waals surface area contributed by atoms with Crippen LogP contribution in [0, 0.1) is 0 Å².